The van der Waals surface area contributed by atoms with Crippen LogP contribution in [0.4, 0.5) is 0 Å². The van der Waals surface area contributed by atoms with Gasteiger partial charge in [0.1, 0.15) is 12.2 Å². The topological polar surface area (TPSA) is 54.3 Å². The molecule has 1 aromatic heterocycles. The predicted molar refractivity (Wildman–Crippen MR) is 53.9 cm³/mol. The number of aryl methyl sites for hydroxylation is 1. The number of nitrogens with zero attached hydrogens (tertiary/aromatic N) is 5. The van der Waals surface area contributed by atoms with Crippen LogP contribution in [0.25, 0.3) is 0 Å². The summed E-state index contributed by atoms with van der Waals surface area (Å²) in [6.45, 7) is 2.74. The van der Waals surface area contributed by atoms with Crippen LogP contribution < -0.4 is 0 Å². The molecule has 0 N–H and O–H groups in total. The van der Waals surface area contributed by atoms with Gasteiger partial charge < -0.3 is 4.90 Å². The number of rotatable bonds is 2. The Morgan fingerprint density at radius 2 is 2.20 bits per heavy atom. The minimum atomic E-state index is 0.159. The average Bonchev–Trinajstić information content (AvgIpc) is 2.57. The highest BCUT2D eigenvalue weighted by Gasteiger charge is 2.22. The second-order valence-corrected chi connectivity index (χ2v) is 3.85. The lowest BCUT2D eigenvalue weighted by molar-refractivity contribution is -0.136. The molecular formula is C9H15N5O. The molecule has 1 fully saturated rings. The number of hydrogen-bond donors (Lipinski definition) is 0. The zero-order chi connectivity index (χ0) is 10.8. The summed E-state index contributed by atoms with van der Waals surface area (Å²) in [4.78, 5) is 19.6. The average molecular weight is 209 g/mol. The first-order valence-electron chi connectivity index (χ1n) is 4.96. The van der Waals surface area contributed by atoms with E-state index in [-0.39, 0.29) is 5.91 Å². The van der Waals surface area contributed by atoms with E-state index in [2.05, 4.69) is 10.1 Å². The number of piperazine rings is 1. The molecule has 0 aliphatic carbocycles. The maximum Gasteiger partial charge on any atom is 0.237 e. The number of carbonyl (C=O) groups excluding carboxylic acids is 1. The fourth-order valence-corrected chi connectivity index (χ4v) is 1.63. The Morgan fingerprint density at radius 3 is 2.80 bits per heavy atom. The number of likely N-dealkylation sites (N-methyl/N-ethyl adjacent to an activating group) is 1. The highest BCUT2D eigenvalue weighted by atomic mass is 16.2. The van der Waals surface area contributed by atoms with Crippen molar-refractivity contribution < 1.29 is 4.79 Å². The molecule has 0 aromatic carbocycles. The first-order chi connectivity index (χ1) is 7.16. The van der Waals surface area contributed by atoms with E-state index in [9.17, 15) is 4.79 Å². The Morgan fingerprint density at radius 1 is 1.40 bits per heavy atom. The Balaban J connectivity index is 2.01. The molecule has 1 saturated heterocycles. The maximum atomic E-state index is 11.7. The molecule has 1 aromatic rings. The maximum absolute atomic E-state index is 11.7. The number of hydrogen-bond acceptors (Lipinski definition) is 4. The van der Waals surface area contributed by atoms with Gasteiger partial charge in [0.2, 0.25) is 5.91 Å². The number of amides is 1. The zero-order valence-electron chi connectivity index (χ0n) is 9.05. The molecule has 1 amide bonds. The molecule has 0 saturated carbocycles. The first-order valence-corrected chi connectivity index (χ1v) is 4.96. The number of aromatic nitrogens is 3. The van der Waals surface area contributed by atoms with Gasteiger partial charge in [0, 0.05) is 20.1 Å². The van der Waals surface area contributed by atoms with Gasteiger partial charge in [0.25, 0.3) is 0 Å². The zero-order valence-corrected chi connectivity index (χ0v) is 9.05. The molecule has 0 radical (unpaired) electrons. The van der Waals surface area contributed by atoms with Crippen molar-refractivity contribution in [2.45, 2.75) is 6.54 Å². The van der Waals surface area contributed by atoms with Crippen LogP contribution in [0.15, 0.2) is 6.33 Å². The van der Waals surface area contributed by atoms with Crippen LogP contribution in [0, 0.1) is 0 Å². The molecule has 0 spiro atoms. The van der Waals surface area contributed by atoms with Crippen LogP contribution >= 0.6 is 0 Å². The van der Waals surface area contributed by atoms with Gasteiger partial charge in [-0.3, -0.25) is 14.4 Å². The Kier molecular flexibility index (Phi) is 2.68. The monoisotopic (exact) mass is 209 g/mol. The molecule has 15 heavy (non-hydrogen) atoms. The third-order valence-electron chi connectivity index (χ3n) is 2.65. The van der Waals surface area contributed by atoms with Gasteiger partial charge in [-0.1, -0.05) is 0 Å². The fourth-order valence-electron chi connectivity index (χ4n) is 1.63. The van der Waals surface area contributed by atoms with E-state index in [1.807, 2.05) is 23.9 Å². The molecule has 2 rings (SSSR count). The lowest BCUT2D eigenvalue weighted by atomic mass is 10.3. The second kappa shape index (κ2) is 3.98. The van der Waals surface area contributed by atoms with Crippen molar-refractivity contribution in [2.24, 2.45) is 7.05 Å². The van der Waals surface area contributed by atoms with Crippen molar-refractivity contribution in [3.63, 3.8) is 0 Å². The molecular weight excluding hydrogens is 194 g/mol. The van der Waals surface area contributed by atoms with Crippen molar-refractivity contribution in [3.8, 4) is 0 Å². The molecule has 1 aliphatic rings. The predicted octanol–water partition coefficient (Wildman–Crippen LogP) is -0.911. The van der Waals surface area contributed by atoms with Crippen LogP contribution in [0.2, 0.25) is 0 Å². The molecule has 6 nitrogen and oxygen atoms in total. The van der Waals surface area contributed by atoms with Crippen LogP contribution in [-0.2, 0) is 18.4 Å². The molecule has 0 bridgehead atoms. The van der Waals surface area contributed by atoms with Crippen molar-refractivity contribution in [1.82, 2.24) is 24.6 Å². The first kappa shape index (κ1) is 10.1. The molecule has 1 aliphatic heterocycles. The Bertz CT molecular complexity index is 361. The van der Waals surface area contributed by atoms with Gasteiger partial charge in [-0.2, -0.15) is 5.10 Å². The SMILES string of the molecule is CN1CCN(Cc2ncnn2C)C(=O)C1. The van der Waals surface area contributed by atoms with Gasteiger partial charge in [-0.05, 0) is 7.05 Å². The van der Waals surface area contributed by atoms with E-state index in [0.717, 1.165) is 18.9 Å². The van der Waals surface area contributed by atoms with Crippen molar-refractivity contribution >= 4 is 5.91 Å². The van der Waals surface area contributed by atoms with E-state index in [1.165, 1.54) is 6.33 Å². The summed E-state index contributed by atoms with van der Waals surface area (Å²) in [7, 11) is 3.79. The highest BCUT2D eigenvalue weighted by Crippen LogP contribution is 2.05. The van der Waals surface area contributed by atoms with E-state index in [4.69, 9.17) is 0 Å². The Labute approximate surface area is 88.5 Å². The van der Waals surface area contributed by atoms with Gasteiger partial charge in [-0.25, -0.2) is 4.98 Å². The summed E-state index contributed by atoms with van der Waals surface area (Å²) < 4.78 is 1.70. The third-order valence-corrected chi connectivity index (χ3v) is 2.65. The van der Waals surface area contributed by atoms with Crippen molar-refractivity contribution in [1.29, 1.82) is 0 Å². The summed E-state index contributed by atoms with van der Waals surface area (Å²) in [5.41, 5.74) is 0. The molecule has 0 unspecified atom stereocenters. The lowest BCUT2D eigenvalue weighted by Gasteiger charge is -2.31. The standard InChI is InChI=1S/C9H15N5O/c1-12-3-4-14(9(15)6-12)5-8-10-7-11-13(8)2/h7H,3-6H2,1-2H3. The minimum Gasteiger partial charge on any atom is -0.333 e. The van der Waals surface area contributed by atoms with Crippen LogP contribution in [-0.4, -0.2) is 57.2 Å². The summed E-state index contributed by atoms with van der Waals surface area (Å²) in [5.74, 6) is 0.986. The van der Waals surface area contributed by atoms with Crippen LogP contribution in [0.5, 0.6) is 0 Å². The summed E-state index contributed by atoms with van der Waals surface area (Å²) in [6, 6.07) is 0. The molecule has 82 valence electrons. The van der Waals surface area contributed by atoms with Gasteiger partial charge in [0.15, 0.2) is 0 Å². The van der Waals surface area contributed by atoms with E-state index in [0.29, 0.717) is 13.1 Å². The van der Waals surface area contributed by atoms with Crippen LogP contribution in [0.3, 0.4) is 0 Å². The normalized spacial score (nSPS) is 18.5. The van der Waals surface area contributed by atoms with E-state index >= 15 is 0 Å². The minimum absolute atomic E-state index is 0.159. The van der Waals surface area contributed by atoms with Gasteiger partial charge in [-0.15, -0.1) is 0 Å². The summed E-state index contributed by atoms with van der Waals surface area (Å²) in [5, 5.41) is 3.98. The molecule has 2 heterocycles. The van der Waals surface area contributed by atoms with Crippen molar-refractivity contribution in [3.05, 3.63) is 12.2 Å². The molecule has 6 heteroatoms. The van der Waals surface area contributed by atoms with Crippen LogP contribution in [0.1, 0.15) is 5.82 Å². The molecule has 0 atom stereocenters. The van der Waals surface area contributed by atoms with Gasteiger partial charge in [0.05, 0.1) is 13.1 Å². The van der Waals surface area contributed by atoms with E-state index in [1.54, 1.807) is 4.68 Å². The lowest BCUT2D eigenvalue weighted by Crippen LogP contribution is -2.48. The quantitative estimate of drug-likeness (QED) is 0.632. The third kappa shape index (κ3) is 2.15. The summed E-state index contributed by atoms with van der Waals surface area (Å²) >= 11 is 0. The van der Waals surface area contributed by atoms with E-state index < -0.39 is 0 Å². The highest BCUT2D eigenvalue weighted by molar-refractivity contribution is 5.78. The summed E-state index contributed by atoms with van der Waals surface area (Å²) in [6.07, 6.45) is 1.51. The second-order valence-electron chi connectivity index (χ2n) is 3.85. The smallest absolute Gasteiger partial charge is 0.237 e. The number of carbonyl (C=O) groups is 1. The largest absolute Gasteiger partial charge is 0.333 e. The van der Waals surface area contributed by atoms with Gasteiger partial charge >= 0.3 is 0 Å². The van der Waals surface area contributed by atoms with Crippen molar-refractivity contribution in [2.75, 3.05) is 26.7 Å². The fraction of sp³-hybridized carbons (Fsp3) is 0.667. The Hall–Kier alpha value is -1.43.